The molecule has 1 heterocycles. The van der Waals surface area contributed by atoms with Crippen molar-refractivity contribution in [1.82, 2.24) is 10.2 Å². The summed E-state index contributed by atoms with van der Waals surface area (Å²) in [5, 5.41) is 3.14. The fourth-order valence-electron chi connectivity index (χ4n) is 2.62. The molecule has 0 unspecified atom stereocenters. The molecule has 26 heavy (non-hydrogen) atoms. The Balaban J connectivity index is 1.57. The first-order valence-electron chi connectivity index (χ1n) is 8.40. The van der Waals surface area contributed by atoms with E-state index in [0.29, 0.717) is 37.5 Å². The molecule has 1 aliphatic rings. The van der Waals surface area contributed by atoms with Crippen molar-refractivity contribution in [2.75, 3.05) is 26.2 Å². The number of amides is 1. The number of halogens is 2. The number of rotatable bonds is 5. The number of benzene rings is 2. The Morgan fingerprint density at radius 2 is 1.88 bits per heavy atom. The van der Waals surface area contributed by atoms with E-state index in [1.807, 2.05) is 0 Å². The van der Waals surface area contributed by atoms with E-state index in [1.165, 1.54) is 30.3 Å². The van der Waals surface area contributed by atoms with Crippen LogP contribution in [0.2, 0.25) is 0 Å². The Hall–Kier alpha value is -2.67. The van der Waals surface area contributed by atoms with Crippen LogP contribution in [0, 0.1) is 11.6 Å². The molecule has 3 rings (SSSR count). The smallest absolute Gasteiger partial charge is 0.410 e. The van der Waals surface area contributed by atoms with Gasteiger partial charge in [-0.25, -0.2) is 13.6 Å². The van der Waals surface area contributed by atoms with Crippen molar-refractivity contribution in [3.63, 3.8) is 0 Å². The zero-order valence-electron chi connectivity index (χ0n) is 14.2. The lowest BCUT2D eigenvalue weighted by Crippen LogP contribution is -2.46. The quantitative estimate of drug-likeness (QED) is 0.888. The molecule has 0 aliphatic carbocycles. The van der Waals surface area contributed by atoms with Crippen LogP contribution < -0.4 is 10.1 Å². The minimum absolute atomic E-state index is 0.156. The van der Waals surface area contributed by atoms with E-state index < -0.39 is 11.9 Å². The van der Waals surface area contributed by atoms with Crippen LogP contribution in [0.3, 0.4) is 0 Å². The van der Waals surface area contributed by atoms with Crippen LogP contribution in [0.25, 0.3) is 0 Å². The first-order chi connectivity index (χ1) is 12.6. The molecular formula is C19H20F2N2O3. The minimum Gasteiger partial charge on any atom is -0.489 e. The molecule has 0 radical (unpaired) electrons. The summed E-state index contributed by atoms with van der Waals surface area (Å²) in [7, 11) is 0. The predicted molar refractivity (Wildman–Crippen MR) is 91.8 cm³/mol. The summed E-state index contributed by atoms with van der Waals surface area (Å²) in [5.74, 6) is -0.397. The second-order valence-corrected chi connectivity index (χ2v) is 5.96. The molecule has 1 N–H and O–H groups in total. The summed E-state index contributed by atoms with van der Waals surface area (Å²) in [6.45, 7) is 2.55. The molecule has 0 saturated carbocycles. The third-order valence-corrected chi connectivity index (χ3v) is 4.04. The van der Waals surface area contributed by atoms with Crippen LogP contribution in [0.5, 0.6) is 5.75 Å². The average Bonchev–Trinajstić information content (AvgIpc) is 2.67. The molecule has 5 nitrogen and oxygen atoms in total. The number of carbonyl (C=O) groups excluding carboxylic acids is 1. The van der Waals surface area contributed by atoms with Crippen LogP contribution in [-0.2, 0) is 18.0 Å². The van der Waals surface area contributed by atoms with Crippen LogP contribution in [0.15, 0.2) is 42.5 Å². The van der Waals surface area contributed by atoms with Crippen LogP contribution in [0.1, 0.15) is 11.1 Å². The van der Waals surface area contributed by atoms with Gasteiger partial charge < -0.3 is 19.7 Å². The molecule has 7 heteroatoms. The standard InChI is InChI=1S/C19H20F2N2O3/c20-16-3-1-2-14(10-16)12-25-17-4-5-18(21)15(11-17)13-26-19(24)23-8-6-22-7-9-23/h1-5,10-11,22H,6-9,12-13H2. The van der Waals surface area contributed by atoms with Gasteiger partial charge >= 0.3 is 6.09 Å². The molecule has 138 valence electrons. The Morgan fingerprint density at radius 1 is 1.08 bits per heavy atom. The Labute approximate surface area is 150 Å². The molecule has 0 bridgehead atoms. The van der Waals surface area contributed by atoms with E-state index >= 15 is 0 Å². The number of hydrogen-bond acceptors (Lipinski definition) is 4. The van der Waals surface area contributed by atoms with Crippen LogP contribution in [0.4, 0.5) is 13.6 Å². The van der Waals surface area contributed by atoms with Gasteiger partial charge in [0.2, 0.25) is 0 Å². The summed E-state index contributed by atoms with van der Waals surface area (Å²) in [5.41, 5.74) is 0.895. The van der Waals surface area contributed by atoms with E-state index in [-0.39, 0.29) is 24.6 Å². The normalized spacial score (nSPS) is 14.2. The minimum atomic E-state index is -0.476. The molecule has 1 fully saturated rings. The molecule has 0 atom stereocenters. The third kappa shape index (κ3) is 4.92. The zero-order chi connectivity index (χ0) is 18.4. The van der Waals surface area contributed by atoms with E-state index in [1.54, 1.807) is 17.0 Å². The monoisotopic (exact) mass is 362 g/mol. The summed E-state index contributed by atoms with van der Waals surface area (Å²) < 4.78 is 37.9. The summed E-state index contributed by atoms with van der Waals surface area (Å²) in [6, 6.07) is 10.3. The Bertz CT molecular complexity index is 764. The molecule has 0 spiro atoms. The topological polar surface area (TPSA) is 50.8 Å². The highest BCUT2D eigenvalue weighted by Crippen LogP contribution is 2.19. The van der Waals surface area contributed by atoms with Gasteiger partial charge in [-0.05, 0) is 35.9 Å². The SMILES string of the molecule is O=C(OCc1cc(OCc2cccc(F)c2)ccc1F)N1CCNCC1. The van der Waals surface area contributed by atoms with Gasteiger partial charge in [-0.2, -0.15) is 0 Å². The predicted octanol–water partition coefficient (Wildman–Crippen LogP) is 3.09. The van der Waals surface area contributed by atoms with Gasteiger partial charge in [0.1, 0.15) is 30.6 Å². The second-order valence-electron chi connectivity index (χ2n) is 5.96. The van der Waals surface area contributed by atoms with Crippen molar-refractivity contribution in [1.29, 1.82) is 0 Å². The maximum Gasteiger partial charge on any atom is 0.410 e. The second kappa shape index (κ2) is 8.62. The van der Waals surface area contributed by atoms with Gasteiger partial charge in [0, 0.05) is 31.7 Å². The highest BCUT2D eigenvalue weighted by Gasteiger charge is 2.18. The van der Waals surface area contributed by atoms with E-state index in [0.717, 1.165) is 0 Å². The lowest BCUT2D eigenvalue weighted by Gasteiger charge is -2.26. The highest BCUT2D eigenvalue weighted by molar-refractivity contribution is 5.67. The summed E-state index contributed by atoms with van der Waals surface area (Å²) in [4.78, 5) is 13.6. The van der Waals surface area contributed by atoms with Crippen molar-refractivity contribution in [3.8, 4) is 5.75 Å². The molecule has 0 aromatic heterocycles. The van der Waals surface area contributed by atoms with Gasteiger partial charge in [0.05, 0.1) is 0 Å². The van der Waals surface area contributed by atoms with Crippen molar-refractivity contribution < 1.29 is 23.0 Å². The zero-order valence-corrected chi connectivity index (χ0v) is 14.2. The first-order valence-corrected chi connectivity index (χ1v) is 8.40. The number of carbonyl (C=O) groups is 1. The Morgan fingerprint density at radius 3 is 2.65 bits per heavy atom. The molecule has 2 aromatic rings. The highest BCUT2D eigenvalue weighted by atomic mass is 19.1. The molecule has 1 saturated heterocycles. The number of piperazine rings is 1. The molecular weight excluding hydrogens is 342 g/mol. The van der Waals surface area contributed by atoms with Crippen LogP contribution in [-0.4, -0.2) is 37.2 Å². The number of ether oxygens (including phenoxy) is 2. The fourth-order valence-corrected chi connectivity index (χ4v) is 2.62. The van der Waals surface area contributed by atoms with Gasteiger partial charge in [-0.3, -0.25) is 0 Å². The van der Waals surface area contributed by atoms with Crippen molar-refractivity contribution in [2.24, 2.45) is 0 Å². The largest absolute Gasteiger partial charge is 0.489 e. The van der Waals surface area contributed by atoms with Gasteiger partial charge in [-0.1, -0.05) is 12.1 Å². The van der Waals surface area contributed by atoms with Crippen LogP contribution >= 0.6 is 0 Å². The molecule has 2 aromatic carbocycles. The van der Waals surface area contributed by atoms with Gasteiger partial charge in [-0.15, -0.1) is 0 Å². The first kappa shape index (κ1) is 18.1. The number of hydrogen-bond donors (Lipinski definition) is 1. The molecule has 1 aliphatic heterocycles. The van der Waals surface area contributed by atoms with Crippen molar-refractivity contribution in [3.05, 3.63) is 65.2 Å². The van der Waals surface area contributed by atoms with E-state index in [9.17, 15) is 13.6 Å². The Kier molecular flexibility index (Phi) is 6.01. The number of nitrogens with one attached hydrogen (secondary N) is 1. The molecule has 1 amide bonds. The van der Waals surface area contributed by atoms with Crippen molar-refractivity contribution in [2.45, 2.75) is 13.2 Å². The van der Waals surface area contributed by atoms with E-state index in [2.05, 4.69) is 5.32 Å². The summed E-state index contributed by atoms with van der Waals surface area (Å²) >= 11 is 0. The van der Waals surface area contributed by atoms with Gasteiger partial charge in [0.15, 0.2) is 0 Å². The van der Waals surface area contributed by atoms with E-state index in [4.69, 9.17) is 9.47 Å². The summed E-state index contributed by atoms with van der Waals surface area (Å²) in [6.07, 6.45) is -0.461. The van der Waals surface area contributed by atoms with Gasteiger partial charge in [0.25, 0.3) is 0 Å². The lowest BCUT2D eigenvalue weighted by molar-refractivity contribution is 0.0908. The van der Waals surface area contributed by atoms with Crippen molar-refractivity contribution >= 4 is 6.09 Å². The maximum absolute atomic E-state index is 14.0. The fraction of sp³-hybridized carbons (Fsp3) is 0.316. The average molecular weight is 362 g/mol. The maximum atomic E-state index is 14.0. The lowest BCUT2D eigenvalue weighted by atomic mass is 10.2. The third-order valence-electron chi connectivity index (χ3n) is 4.04. The number of nitrogens with zero attached hydrogens (tertiary/aromatic N) is 1.